The number of amides is 4. The molecule has 2 aliphatic carbocycles. The third-order valence-corrected chi connectivity index (χ3v) is 11.9. The van der Waals surface area contributed by atoms with Gasteiger partial charge in [0.2, 0.25) is 33.6 Å². The highest BCUT2D eigenvalue weighted by molar-refractivity contribution is 7.91. The van der Waals surface area contributed by atoms with Gasteiger partial charge in [0, 0.05) is 12.3 Å². The molecule has 7 atom stereocenters. The van der Waals surface area contributed by atoms with Gasteiger partial charge in [0.15, 0.2) is 0 Å². The van der Waals surface area contributed by atoms with Gasteiger partial charge >= 0.3 is 6.09 Å². The van der Waals surface area contributed by atoms with Crippen LogP contribution in [0, 0.1) is 17.8 Å². The van der Waals surface area contributed by atoms with Crippen molar-refractivity contribution in [2.45, 2.75) is 94.7 Å². The lowest BCUT2D eigenvalue weighted by Crippen LogP contribution is -2.59. The molecule has 1 saturated heterocycles. The summed E-state index contributed by atoms with van der Waals surface area (Å²) in [5.74, 6) is -2.34. The number of fused-ring (bicyclic) bond motifs is 3. The first-order valence-electron chi connectivity index (χ1n) is 17.2. The lowest BCUT2D eigenvalue weighted by atomic mass is 9.88. The first kappa shape index (κ1) is 35.4. The molecule has 50 heavy (non-hydrogen) atoms. The fraction of sp³-hybridized carbons (Fsp3) is 0.588. The molecule has 2 saturated carbocycles. The van der Waals surface area contributed by atoms with Crippen LogP contribution in [0.4, 0.5) is 4.79 Å². The normalized spacial score (nSPS) is 30.9. The Morgan fingerprint density at radius 2 is 1.78 bits per heavy atom. The monoisotopic (exact) mass is 712 g/mol. The van der Waals surface area contributed by atoms with Crippen molar-refractivity contribution in [3.05, 3.63) is 36.4 Å². The Bertz CT molecular complexity index is 1800. The highest BCUT2D eigenvalue weighted by Gasteiger charge is 2.62. The molecule has 15 nitrogen and oxygen atoms in total. The van der Waals surface area contributed by atoms with Crippen molar-refractivity contribution < 1.29 is 42.2 Å². The van der Waals surface area contributed by atoms with Gasteiger partial charge in [-0.05, 0) is 69.4 Å². The van der Waals surface area contributed by atoms with Gasteiger partial charge in [-0.15, -0.1) is 10.2 Å². The van der Waals surface area contributed by atoms with E-state index in [0.29, 0.717) is 48.9 Å². The smallest absolute Gasteiger partial charge is 0.405 e. The van der Waals surface area contributed by atoms with Gasteiger partial charge in [-0.1, -0.05) is 38.1 Å². The zero-order chi connectivity index (χ0) is 35.8. The lowest BCUT2D eigenvalue weighted by Gasteiger charge is -2.32. The average Bonchev–Trinajstić information content (AvgIpc) is 3.99. The summed E-state index contributed by atoms with van der Waals surface area (Å²) < 4.78 is 39.7. The van der Waals surface area contributed by atoms with Crippen LogP contribution in [0.5, 0.6) is 11.8 Å². The second-order valence-corrected chi connectivity index (χ2v) is 15.9. The predicted molar refractivity (Wildman–Crippen MR) is 181 cm³/mol. The first-order chi connectivity index (χ1) is 23.8. The molecule has 4 N–H and O–H groups in total. The molecule has 16 heteroatoms. The molecule has 2 aliphatic heterocycles. The zero-order valence-electron chi connectivity index (χ0n) is 28.3. The number of ether oxygens (including phenoxy) is 2. The SMILES string of the molecule is CCOc1nnc(O[C@@H]2C[C@H]3C(=O)NC4(C(=O)NS(=O)(=O)C5CC5)CC4/C=C\CC[C@@H](C)C[C@@H](C)[C@H](NC(=O)O)C(=O)N3C2)c2ccccc12. The van der Waals surface area contributed by atoms with E-state index in [-0.39, 0.29) is 31.2 Å². The standard InChI is InChI=1S/C34H44N6O9S/c1-4-48-29-24-11-7-8-12-25(24)30(38-37-29)49-22-16-26-28(41)36-34(32(43)39-50(46,47)23-13-14-23)17-21(34)10-6-5-9-19(2)15-20(3)27(35-33(44)45)31(42)40(26)18-22/h6-8,10-12,19-23,26-27,35H,4-5,9,13-18H2,1-3H3,(H,36,41)(H,39,43)(H,44,45)/b10-6-/t19-,20-,21?,22-,26+,27+,34?/m1/s1. The minimum Gasteiger partial charge on any atom is -0.476 e. The van der Waals surface area contributed by atoms with Crippen LogP contribution in [0.15, 0.2) is 36.4 Å². The number of benzene rings is 1. The first-order valence-corrected chi connectivity index (χ1v) is 18.8. The van der Waals surface area contributed by atoms with Crippen molar-refractivity contribution in [3.63, 3.8) is 0 Å². The Morgan fingerprint density at radius 3 is 2.46 bits per heavy atom. The summed E-state index contributed by atoms with van der Waals surface area (Å²) in [6, 6.07) is 4.91. The number of carbonyl (C=O) groups is 4. The summed E-state index contributed by atoms with van der Waals surface area (Å²) in [5.41, 5.74) is -1.53. The maximum atomic E-state index is 14.3. The van der Waals surface area contributed by atoms with Gasteiger partial charge in [0.05, 0.1) is 29.2 Å². The van der Waals surface area contributed by atoms with Crippen molar-refractivity contribution >= 4 is 44.6 Å². The molecular formula is C34H44N6O9S. The lowest BCUT2D eigenvalue weighted by molar-refractivity contribution is -0.142. The molecular weight excluding hydrogens is 668 g/mol. The Labute approximate surface area is 290 Å². The molecule has 3 heterocycles. The number of allylic oxidation sites excluding steroid dienone is 1. The van der Waals surface area contributed by atoms with Crippen LogP contribution in [0.2, 0.25) is 0 Å². The van der Waals surface area contributed by atoms with Gasteiger partial charge in [-0.3, -0.25) is 19.1 Å². The van der Waals surface area contributed by atoms with Gasteiger partial charge in [-0.25, -0.2) is 13.2 Å². The van der Waals surface area contributed by atoms with Crippen molar-refractivity contribution in [1.82, 2.24) is 30.5 Å². The fourth-order valence-corrected chi connectivity index (χ4v) is 8.54. The number of aromatic nitrogens is 2. The third kappa shape index (κ3) is 7.35. The summed E-state index contributed by atoms with van der Waals surface area (Å²) in [4.78, 5) is 55.4. The van der Waals surface area contributed by atoms with E-state index < -0.39 is 74.7 Å². The van der Waals surface area contributed by atoms with Crippen molar-refractivity contribution in [2.24, 2.45) is 17.8 Å². The highest BCUT2D eigenvalue weighted by Crippen LogP contribution is 2.46. The van der Waals surface area contributed by atoms with Crippen LogP contribution < -0.4 is 24.8 Å². The van der Waals surface area contributed by atoms with E-state index >= 15 is 0 Å². The molecule has 0 bridgehead atoms. The van der Waals surface area contributed by atoms with E-state index in [1.165, 1.54) is 4.90 Å². The number of carbonyl (C=O) groups excluding carboxylic acids is 3. The van der Waals surface area contributed by atoms with E-state index in [2.05, 4.69) is 25.6 Å². The van der Waals surface area contributed by atoms with E-state index in [1.807, 2.05) is 38.1 Å². The van der Waals surface area contributed by atoms with E-state index in [4.69, 9.17) is 9.47 Å². The minimum atomic E-state index is -3.90. The molecule has 6 rings (SSSR count). The highest BCUT2D eigenvalue weighted by atomic mass is 32.2. The van der Waals surface area contributed by atoms with Crippen LogP contribution in [-0.2, 0) is 24.4 Å². The van der Waals surface area contributed by atoms with E-state index in [0.717, 1.165) is 6.42 Å². The van der Waals surface area contributed by atoms with Crippen LogP contribution in [0.25, 0.3) is 10.8 Å². The summed E-state index contributed by atoms with van der Waals surface area (Å²) in [6.45, 7) is 5.95. The zero-order valence-corrected chi connectivity index (χ0v) is 29.1. The van der Waals surface area contributed by atoms with Crippen LogP contribution >= 0.6 is 0 Å². The molecule has 270 valence electrons. The van der Waals surface area contributed by atoms with Crippen molar-refractivity contribution in [3.8, 4) is 11.8 Å². The summed E-state index contributed by atoms with van der Waals surface area (Å²) >= 11 is 0. The van der Waals surface area contributed by atoms with E-state index in [1.54, 1.807) is 19.1 Å². The van der Waals surface area contributed by atoms with Gasteiger partial charge in [-0.2, -0.15) is 0 Å². The molecule has 2 unspecified atom stereocenters. The van der Waals surface area contributed by atoms with Gasteiger partial charge < -0.3 is 30.1 Å². The number of rotatable bonds is 8. The quantitative estimate of drug-likeness (QED) is 0.293. The number of nitrogens with one attached hydrogen (secondary N) is 3. The summed E-state index contributed by atoms with van der Waals surface area (Å²) in [5, 5.41) is 24.0. The largest absolute Gasteiger partial charge is 0.476 e. The van der Waals surface area contributed by atoms with Gasteiger partial charge in [0.1, 0.15) is 23.7 Å². The predicted octanol–water partition coefficient (Wildman–Crippen LogP) is 2.51. The number of carboxylic acid groups (broad SMARTS) is 1. The Hall–Kier alpha value is -4.47. The number of hydrogen-bond acceptors (Lipinski definition) is 10. The molecule has 4 amide bonds. The Kier molecular flexibility index (Phi) is 9.93. The van der Waals surface area contributed by atoms with Crippen LogP contribution in [-0.4, -0.2) is 94.6 Å². The number of sulfonamides is 1. The van der Waals surface area contributed by atoms with Crippen molar-refractivity contribution in [2.75, 3.05) is 13.2 Å². The Balaban J connectivity index is 1.33. The fourth-order valence-electron chi connectivity index (χ4n) is 7.17. The maximum absolute atomic E-state index is 14.3. The van der Waals surface area contributed by atoms with Crippen LogP contribution in [0.1, 0.15) is 65.7 Å². The summed E-state index contributed by atoms with van der Waals surface area (Å²) in [7, 11) is -3.90. The second kappa shape index (κ2) is 14.0. The average molecular weight is 713 g/mol. The molecule has 2 aromatic rings. The topological polar surface area (TPSA) is 206 Å². The molecule has 1 aromatic heterocycles. The molecule has 0 radical (unpaired) electrons. The van der Waals surface area contributed by atoms with Crippen LogP contribution in [0.3, 0.4) is 0 Å². The Morgan fingerprint density at radius 1 is 1.08 bits per heavy atom. The molecule has 4 aliphatic rings. The summed E-state index contributed by atoms with van der Waals surface area (Å²) in [6.07, 6.45) is 4.65. The number of hydrogen-bond donors (Lipinski definition) is 4. The van der Waals surface area contributed by atoms with Crippen molar-refractivity contribution in [1.29, 1.82) is 0 Å². The molecule has 0 spiro atoms. The minimum absolute atomic E-state index is 0.00998. The van der Waals surface area contributed by atoms with E-state index in [9.17, 15) is 32.7 Å². The van der Waals surface area contributed by atoms with Gasteiger partial charge in [0.25, 0.3) is 5.91 Å². The third-order valence-electron chi connectivity index (χ3n) is 10.1. The number of nitrogens with zero attached hydrogens (tertiary/aromatic N) is 3. The second-order valence-electron chi connectivity index (χ2n) is 14.0. The maximum Gasteiger partial charge on any atom is 0.405 e. The molecule has 3 fully saturated rings. The molecule has 1 aromatic carbocycles.